The van der Waals surface area contributed by atoms with E-state index in [2.05, 4.69) is 11.8 Å². The molecule has 1 saturated heterocycles. The van der Waals surface area contributed by atoms with Crippen LogP contribution >= 0.6 is 0 Å². The molecule has 1 atom stereocenters. The number of aliphatic hydroxyl groups excluding tert-OH is 1. The fourth-order valence-electron chi connectivity index (χ4n) is 2.28. The second-order valence-electron chi connectivity index (χ2n) is 4.79. The lowest BCUT2D eigenvalue weighted by Crippen LogP contribution is -2.49. The molecule has 0 radical (unpaired) electrons. The van der Waals surface area contributed by atoms with Crippen molar-refractivity contribution < 1.29 is 5.11 Å². The monoisotopic (exact) mass is 169 g/mol. The van der Waals surface area contributed by atoms with Gasteiger partial charge in [-0.25, -0.2) is 0 Å². The van der Waals surface area contributed by atoms with Crippen LogP contribution in [0.3, 0.4) is 0 Å². The lowest BCUT2D eigenvalue weighted by Gasteiger charge is -2.41. The Bertz CT molecular complexity index is 157. The Balaban J connectivity index is 1.62. The van der Waals surface area contributed by atoms with E-state index in [1.165, 1.54) is 32.5 Å². The third-order valence-corrected chi connectivity index (χ3v) is 3.27. The van der Waals surface area contributed by atoms with E-state index in [1.54, 1.807) is 0 Å². The van der Waals surface area contributed by atoms with E-state index in [0.29, 0.717) is 12.5 Å². The van der Waals surface area contributed by atoms with Crippen molar-refractivity contribution in [2.24, 2.45) is 11.3 Å². The summed E-state index contributed by atoms with van der Waals surface area (Å²) < 4.78 is 0. The largest absolute Gasteiger partial charge is 0.396 e. The summed E-state index contributed by atoms with van der Waals surface area (Å²) in [5, 5.41) is 8.74. The maximum atomic E-state index is 8.74. The average molecular weight is 169 g/mol. The van der Waals surface area contributed by atoms with Crippen LogP contribution < -0.4 is 0 Å². The van der Waals surface area contributed by atoms with Crippen molar-refractivity contribution in [1.29, 1.82) is 0 Å². The van der Waals surface area contributed by atoms with E-state index in [1.807, 2.05) is 0 Å². The van der Waals surface area contributed by atoms with Gasteiger partial charge in [-0.2, -0.15) is 0 Å². The summed E-state index contributed by atoms with van der Waals surface area (Å²) in [4.78, 5) is 2.54. The first-order chi connectivity index (χ1) is 5.74. The van der Waals surface area contributed by atoms with Gasteiger partial charge in [0, 0.05) is 26.2 Å². The Morgan fingerprint density at radius 2 is 2.08 bits per heavy atom. The van der Waals surface area contributed by atoms with Crippen molar-refractivity contribution in [2.75, 3.05) is 26.2 Å². The van der Waals surface area contributed by atoms with E-state index >= 15 is 0 Å². The fourth-order valence-corrected chi connectivity index (χ4v) is 2.28. The number of hydrogen-bond donors (Lipinski definition) is 1. The van der Waals surface area contributed by atoms with E-state index in [4.69, 9.17) is 5.11 Å². The van der Waals surface area contributed by atoms with Crippen LogP contribution in [-0.2, 0) is 0 Å². The zero-order valence-corrected chi connectivity index (χ0v) is 7.92. The molecule has 1 unspecified atom stereocenters. The number of aliphatic hydroxyl groups is 1. The molecule has 1 saturated carbocycles. The first kappa shape index (κ1) is 8.52. The average Bonchev–Trinajstić information content (AvgIpc) is 2.66. The van der Waals surface area contributed by atoms with Gasteiger partial charge < -0.3 is 10.0 Å². The predicted molar refractivity (Wildman–Crippen MR) is 49.0 cm³/mol. The quantitative estimate of drug-likeness (QED) is 0.681. The SMILES string of the molecule is CC(CCO)CN1CC2(CC2)C1. The van der Waals surface area contributed by atoms with Gasteiger partial charge in [-0.05, 0) is 30.6 Å². The second-order valence-corrected chi connectivity index (χ2v) is 4.79. The smallest absolute Gasteiger partial charge is 0.0434 e. The van der Waals surface area contributed by atoms with Crippen molar-refractivity contribution in [3.05, 3.63) is 0 Å². The van der Waals surface area contributed by atoms with Gasteiger partial charge in [0.2, 0.25) is 0 Å². The maximum Gasteiger partial charge on any atom is 0.0434 e. The molecule has 2 fully saturated rings. The third kappa shape index (κ3) is 1.64. The van der Waals surface area contributed by atoms with Gasteiger partial charge in [-0.3, -0.25) is 0 Å². The molecule has 2 aliphatic rings. The Morgan fingerprint density at radius 3 is 2.58 bits per heavy atom. The molecule has 0 aromatic heterocycles. The topological polar surface area (TPSA) is 23.5 Å². The highest BCUT2D eigenvalue weighted by Gasteiger charge is 2.51. The minimum absolute atomic E-state index is 0.347. The summed E-state index contributed by atoms with van der Waals surface area (Å²) in [5.41, 5.74) is 0.791. The molecule has 2 nitrogen and oxygen atoms in total. The summed E-state index contributed by atoms with van der Waals surface area (Å²) in [6.45, 7) is 6.45. The van der Waals surface area contributed by atoms with Gasteiger partial charge in [0.25, 0.3) is 0 Å². The van der Waals surface area contributed by atoms with Gasteiger partial charge in [-0.1, -0.05) is 6.92 Å². The van der Waals surface area contributed by atoms with Crippen molar-refractivity contribution >= 4 is 0 Å². The van der Waals surface area contributed by atoms with E-state index in [-0.39, 0.29) is 0 Å². The predicted octanol–water partition coefficient (Wildman–Crippen LogP) is 1.10. The van der Waals surface area contributed by atoms with Crippen molar-refractivity contribution in [3.8, 4) is 0 Å². The maximum absolute atomic E-state index is 8.74. The van der Waals surface area contributed by atoms with Gasteiger partial charge in [0.15, 0.2) is 0 Å². The van der Waals surface area contributed by atoms with E-state index in [9.17, 15) is 0 Å². The molecule has 0 bridgehead atoms. The third-order valence-electron chi connectivity index (χ3n) is 3.27. The Labute approximate surface area is 74.6 Å². The Hall–Kier alpha value is -0.0800. The lowest BCUT2D eigenvalue weighted by molar-refractivity contribution is 0.0624. The van der Waals surface area contributed by atoms with Crippen LogP contribution in [0.25, 0.3) is 0 Å². The van der Waals surface area contributed by atoms with Gasteiger partial charge >= 0.3 is 0 Å². The molecule has 0 amide bonds. The molecule has 0 aromatic rings. The molecule has 2 heteroatoms. The van der Waals surface area contributed by atoms with Crippen LogP contribution in [0.15, 0.2) is 0 Å². The number of hydrogen-bond acceptors (Lipinski definition) is 2. The molecule has 12 heavy (non-hydrogen) atoms. The van der Waals surface area contributed by atoms with Crippen LogP contribution in [0.4, 0.5) is 0 Å². The zero-order valence-electron chi connectivity index (χ0n) is 7.92. The van der Waals surface area contributed by atoms with Crippen LogP contribution in [0.5, 0.6) is 0 Å². The minimum atomic E-state index is 0.347. The number of rotatable bonds is 4. The second kappa shape index (κ2) is 3.00. The number of nitrogens with zero attached hydrogens (tertiary/aromatic N) is 1. The normalized spacial score (nSPS) is 28.5. The van der Waals surface area contributed by atoms with E-state index in [0.717, 1.165) is 11.8 Å². The highest BCUT2D eigenvalue weighted by Crippen LogP contribution is 2.52. The Morgan fingerprint density at radius 1 is 1.42 bits per heavy atom. The van der Waals surface area contributed by atoms with Crippen molar-refractivity contribution in [1.82, 2.24) is 4.90 Å². The molecule has 2 rings (SSSR count). The van der Waals surface area contributed by atoms with Crippen LogP contribution in [0, 0.1) is 11.3 Å². The first-order valence-electron chi connectivity index (χ1n) is 5.07. The summed E-state index contributed by atoms with van der Waals surface area (Å²) >= 11 is 0. The standard InChI is InChI=1S/C10H19NO/c1-9(2-5-12)6-11-7-10(8-11)3-4-10/h9,12H,2-8H2,1H3. The molecule has 1 N–H and O–H groups in total. The zero-order chi connectivity index (χ0) is 8.60. The highest BCUT2D eigenvalue weighted by molar-refractivity contribution is 5.05. The molecule has 0 aromatic carbocycles. The summed E-state index contributed by atoms with van der Waals surface area (Å²) in [6.07, 6.45) is 3.90. The van der Waals surface area contributed by atoms with E-state index < -0.39 is 0 Å². The molecule has 70 valence electrons. The minimum Gasteiger partial charge on any atom is -0.396 e. The summed E-state index contributed by atoms with van der Waals surface area (Å²) in [7, 11) is 0. The Kier molecular flexibility index (Phi) is 2.13. The first-order valence-corrected chi connectivity index (χ1v) is 5.07. The molecular formula is C10H19NO. The molecular weight excluding hydrogens is 150 g/mol. The molecule has 1 heterocycles. The van der Waals surface area contributed by atoms with Gasteiger partial charge in [-0.15, -0.1) is 0 Å². The molecule has 1 aliphatic carbocycles. The van der Waals surface area contributed by atoms with Crippen molar-refractivity contribution in [2.45, 2.75) is 26.2 Å². The molecule has 1 spiro atoms. The lowest BCUT2D eigenvalue weighted by atomic mass is 9.95. The fraction of sp³-hybridized carbons (Fsp3) is 1.00. The van der Waals surface area contributed by atoms with Gasteiger partial charge in [0.05, 0.1) is 0 Å². The molecule has 1 aliphatic heterocycles. The van der Waals surface area contributed by atoms with Crippen LogP contribution in [0.2, 0.25) is 0 Å². The van der Waals surface area contributed by atoms with Crippen LogP contribution in [-0.4, -0.2) is 36.2 Å². The highest BCUT2D eigenvalue weighted by atomic mass is 16.3. The number of likely N-dealkylation sites (tertiary alicyclic amines) is 1. The van der Waals surface area contributed by atoms with Crippen molar-refractivity contribution in [3.63, 3.8) is 0 Å². The summed E-state index contributed by atoms with van der Waals surface area (Å²) in [5.74, 6) is 0.672. The van der Waals surface area contributed by atoms with Crippen LogP contribution in [0.1, 0.15) is 26.2 Å². The van der Waals surface area contributed by atoms with Gasteiger partial charge in [0.1, 0.15) is 0 Å². The summed E-state index contributed by atoms with van der Waals surface area (Å²) in [6, 6.07) is 0.